The lowest BCUT2D eigenvalue weighted by Gasteiger charge is -2.03. The van der Waals surface area contributed by atoms with E-state index < -0.39 is 5.97 Å². The molecule has 0 fully saturated rings. The summed E-state index contributed by atoms with van der Waals surface area (Å²) in [6.07, 6.45) is 0. The van der Waals surface area contributed by atoms with Gasteiger partial charge in [0.2, 0.25) is 5.16 Å². The summed E-state index contributed by atoms with van der Waals surface area (Å²) < 4.78 is 1.57. The molecule has 3 aromatic rings. The van der Waals surface area contributed by atoms with Crippen LogP contribution < -0.4 is 0 Å². The lowest BCUT2D eigenvalue weighted by Crippen LogP contribution is -2.02. The Kier molecular flexibility index (Phi) is 3.56. The van der Waals surface area contributed by atoms with E-state index in [1.165, 1.54) is 17.8 Å². The van der Waals surface area contributed by atoms with Crippen molar-refractivity contribution in [2.75, 3.05) is 0 Å². The molecule has 104 valence electrons. The monoisotopic (exact) mass is 300 g/mol. The van der Waals surface area contributed by atoms with E-state index in [2.05, 4.69) is 25.7 Å². The molecule has 9 heteroatoms. The Morgan fingerprint density at radius 2 is 1.86 bits per heavy atom. The summed E-state index contributed by atoms with van der Waals surface area (Å²) in [5, 5.41) is 28.7. The van der Waals surface area contributed by atoms with Crippen molar-refractivity contribution < 1.29 is 9.90 Å². The summed E-state index contributed by atoms with van der Waals surface area (Å²) in [4.78, 5) is 10.7. The first-order chi connectivity index (χ1) is 10.2. The molecule has 0 aliphatic rings. The van der Waals surface area contributed by atoms with Crippen LogP contribution in [0.3, 0.4) is 0 Å². The Bertz CT molecular complexity index is 759. The number of rotatable bonds is 4. The van der Waals surface area contributed by atoms with E-state index in [1.54, 1.807) is 10.7 Å². The molecule has 0 aliphatic heterocycles. The van der Waals surface area contributed by atoms with Crippen LogP contribution in [-0.4, -0.2) is 41.5 Å². The zero-order valence-electron chi connectivity index (χ0n) is 10.5. The third-order valence-electron chi connectivity index (χ3n) is 2.50. The van der Waals surface area contributed by atoms with Crippen molar-refractivity contribution in [3.63, 3.8) is 0 Å². The standard InChI is InChI=1S/C12H8N6O2S/c19-11(20)9-6-7-10(14-13-9)21-12-15-16-17-18(12)8-4-2-1-3-5-8/h1-7H,(H,19,20). The van der Waals surface area contributed by atoms with Crippen LogP contribution in [0.2, 0.25) is 0 Å². The molecule has 1 N–H and O–H groups in total. The Balaban J connectivity index is 1.86. The van der Waals surface area contributed by atoms with Crippen molar-refractivity contribution in [3.8, 4) is 5.69 Å². The fourth-order valence-corrected chi connectivity index (χ4v) is 2.27. The van der Waals surface area contributed by atoms with Crippen molar-refractivity contribution in [2.45, 2.75) is 10.2 Å². The zero-order chi connectivity index (χ0) is 14.7. The Labute approximate surface area is 122 Å². The molecule has 0 aliphatic carbocycles. The fraction of sp³-hybridized carbons (Fsp3) is 0. The van der Waals surface area contributed by atoms with Crippen LogP contribution in [0, 0.1) is 0 Å². The maximum atomic E-state index is 10.7. The molecule has 0 unspecified atom stereocenters. The van der Waals surface area contributed by atoms with Crippen LogP contribution >= 0.6 is 11.8 Å². The van der Waals surface area contributed by atoms with Gasteiger partial charge in [-0.2, -0.15) is 4.68 Å². The molecule has 0 atom stereocenters. The van der Waals surface area contributed by atoms with Crippen LogP contribution in [0.5, 0.6) is 0 Å². The minimum Gasteiger partial charge on any atom is -0.476 e. The number of para-hydroxylation sites is 1. The Morgan fingerprint density at radius 3 is 2.52 bits per heavy atom. The van der Waals surface area contributed by atoms with E-state index in [-0.39, 0.29) is 5.69 Å². The highest BCUT2D eigenvalue weighted by molar-refractivity contribution is 7.99. The highest BCUT2D eigenvalue weighted by atomic mass is 32.2. The minimum absolute atomic E-state index is 0.109. The van der Waals surface area contributed by atoms with Gasteiger partial charge in [-0.05, 0) is 46.5 Å². The van der Waals surface area contributed by atoms with Gasteiger partial charge in [0.25, 0.3) is 0 Å². The molecule has 8 nitrogen and oxygen atoms in total. The average Bonchev–Trinajstić information content (AvgIpc) is 2.97. The highest BCUT2D eigenvalue weighted by Crippen LogP contribution is 2.24. The lowest BCUT2D eigenvalue weighted by molar-refractivity contribution is 0.0689. The first kappa shape index (κ1) is 13.2. The smallest absolute Gasteiger partial charge is 0.356 e. The van der Waals surface area contributed by atoms with E-state index in [0.717, 1.165) is 5.69 Å². The number of aromatic carboxylic acids is 1. The molecule has 21 heavy (non-hydrogen) atoms. The molecular formula is C12H8N6O2S. The van der Waals surface area contributed by atoms with Gasteiger partial charge in [0, 0.05) is 0 Å². The van der Waals surface area contributed by atoms with Crippen molar-refractivity contribution in [2.24, 2.45) is 0 Å². The topological polar surface area (TPSA) is 107 Å². The molecule has 0 bridgehead atoms. The van der Waals surface area contributed by atoms with Crippen molar-refractivity contribution in [1.29, 1.82) is 0 Å². The van der Waals surface area contributed by atoms with E-state index in [1.807, 2.05) is 30.3 Å². The SMILES string of the molecule is O=C(O)c1ccc(Sc2nnnn2-c2ccccc2)nn1. The van der Waals surface area contributed by atoms with E-state index in [4.69, 9.17) is 5.11 Å². The van der Waals surface area contributed by atoms with Crippen LogP contribution in [0.15, 0.2) is 52.6 Å². The van der Waals surface area contributed by atoms with E-state index in [0.29, 0.717) is 10.2 Å². The molecule has 0 spiro atoms. The highest BCUT2D eigenvalue weighted by Gasteiger charge is 2.12. The van der Waals surface area contributed by atoms with Crippen LogP contribution in [0.1, 0.15) is 10.5 Å². The number of benzene rings is 1. The Morgan fingerprint density at radius 1 is 1.05 bits per heavy atom. The molecule has 0 saturated carbocycles. The number of carbonyl (C=O) groups is 1. The first-order valence-electron chi connectivity index (χ1n) is 5.83. The minimum atomic E-state index is -1.12. The number of tetrazole rings is 1. The summed E-state index contributed by atoms with van der Waals surface area (Å²) in [6.45, 7) is 0. The van der Waals surface area contributed by atoms with Gasteiger partial charge in [0.15, 0.2) is 5.69 Å². The second-order valence-electron chi connectivity index (χ2n) is 3.87. The van der Waals surface area contributed by atoms with Gasteiger partial charge in [0.1, 0.15) is 5.03 Å². The van der Waals surface area contributed by atoms with Crippen molar-refractivity contribution in [3.05, 3.63) is 48.2 Å². The number of carboxylic acids is 1. The summed E-state index contributed by atoms with van der Waals surface area (Å²) in [7, 11) is 0. The van der Waals surface area contributed by atoms with E-state index in [9.17, 15) is 4.79 Å². The lowest BCUT2D eigenvalue weighted by atomic mass is 10.3. The Hall–Kier alpha value is -2.81. The molecule has 1 aromatic carbocycles. The van der Waals surface area contributed by atoms with Gasteiger partial charge in [-0.3, -0.25) is 0 Å². The van der Waals surface area contributed by atoms with Gasteiger partial charge in [-0.15, -0.1) is 15.3 Å². The van der Waals surface area contributed by atoms with Crippen LogP contribution in [0.4, 0.5) is 0 Å². The van der Waals surface area contributed by atoms with Crippen LogP contribution in [-0.2, 0) is 0 Å². The van der Waals surface area contributed by atoms with Gasteiger partial charge in [0.05, 0.1) is 5.69 Å². The molecule has 2 aromatic heterocycles. The van der Waals surface area contributed by atoms with E-state index >= 15 is 0 Å². The molecule has 0 saturated heterocycles. The summed E-state index contributed by atoms with van der Waals surface area (Å²) in [5.41, 5.74) is 0.710. The molecule has 0 amide bonds. The number of carboxylic acid groups (broad SMARTS) is 1. The molecule has 3 rings (SSSR count). The second-order valence-corrected chi connectivity index (χ2v) is 4.86. The summed E-state index contributed by atoms with van der Waals surface area (Å²) >= 11 is 1.20. The van der Waals surface area contributed by atoms with Gasteiger partial charge in [-0.1, -0.05) is 18.2 Å². The van der Waals surface area contributed by atoms with Crippen molar-refractivity contribution in [1.82, 2.24) is 30.4 Å². The first-order valence-corrected chi connectivity index (χ1v) is 6.64. The summed E-state index contributed by atoms with van der Waals surface area (Å²) in [6, 6.07) is 12.4. The number of hydrogen-bond acceptors (Lipinski definition) is 7. The third kappa shape index (κ3) is 2.87. The summed E-state index contributed by atoms with van der Waals surface area (Å²) in [5.74, 6) is -1.12. The molecular weight excluding hydrogens is 292 g/mol. The quantitative estimate of drug-likeness (QED) is 0.768. The maximum absolute atomic E-state index is 10.7. The largest absolute Gasteiger partial charge is 0.476 e. The van der Waals surface area contributed by atoms with Gasteiger partial charge < -0.3 is 5.11 Å². The van der Waals surface area contributed by atoms with Crippen LogP contribution in [0.25, 0.3) is 5.69 Å². The van der Waals surface area contributed by atoms with Crippen molar-refractivity contribution >= 4 is 17.7 Å². The predicted octanol–water partition coefficient (Wildman–Crippen LogP) is 1.30. The average molecular weight is 300 g/mol. The van der Waals surface area contributed by atoms with Gasteiger partial charge in [-0.25, -0.2) is 4.79 Å². The molecule has 0 radical (unpaired) electrons. The second kappa shape index (κ2) is 5.67. The number of aromatic nitrogens is 6. The third-order valence-corrected chi connectivity index (χ3v) is 3.36. The number of nitrogens with zero attached hydrogens (tertiary/aromatic N) is 6. The number of hydrogen-bond donors (Lipinski definition) is 1. The maximum Gasteiger partial charge on any atom is 0.356 e. The fourth-order valence-electron chi connectivity index (χ4n) is 1.56. The molecule has 2 heterocycles. The zero-order valence-corrected chi connectivity index (χ0v) is 11.3. The van der Waals surface area contributed by atoms with Gasteiger partial charge >= 0.3 is 5.97 Å². The predicted molar refractivity (Wildman–Crippen MR) is 72.3 cm³/mol. The normalized spacial score (nSPS) is 10.5.